The van der Waals surface area contributed by atoms with Gasteiger partial charge in [0.05, 0.1) is 0 Å². The fourth-order valence-corrected chi connectivity index (χ4v) is 3.72. The highest BCUT2D eigenvalue weighted by Crippen LogP contribution is 2.41. The van der Waals surface area contributed by atoms with Gasteiger partial charge in [0.25, 0.3) is 0 Å². The molecule has 0 aromatic heterocycles. The van der Waals surface area contributed by atoms with Gasteiger partial charge in [-0.25, -0.2) is 0 Å². The number of hydrogen-bond acceptors (Lipinski definition) is 2. The third-order valence-electron chi connectivity index (χ3n) is 4.30. The van der Waals surface area contributed by atoms with Gasteiger partial charge in [-0.05, 0) is 56.4 Å². The SMILES string of the molecule is Cc1cc(Br)cc(N2CCNC(C)(C3CC3)C2)c1. The van der Waals surface area contributed by atoms with Gasteiger partial charge in [0.2, 0.25) is 0 Å². The van der Waals surface area contributed by atoms with Crippen molar-refractivity contribution in [1.82, 2.24) is 5.32 Å². The van der Waals surface area contributed by atoms with E-state index >= 15 is 0 Å². The summed E-state index contributed by atoms with van der Waals surface area (Å²) in [5, 5.41) is 3.73. The zero-order valence-corrected chi connectivity index (χ0v) is 12.8. The van der Waals surface area contributed by atoms with Crippen molar-refractivity contribution in [3.8, 4) is 0 Å². The van der Waals surface area contributed by atoms with Crippen LogP contribution in [0, 0.1) is 12.8 Å². The molecule has 0 amide bonds. The lowest BCUT2D eigenvalue weighted by atomic mass is 9.92. The van der Waals surface area contributed by atoms with Crippen LogP contribution in [0.25, 0.3) is 0 Å². The van der Waals surface area contributed by atoms with Crippen LogP contribution in [0.1, 0.15) is 25.3 Å². The van der Waals surface area contributed by atoms with Crippen LogP contribution in [0.4, 0.5) is 5.69 Å². The quantitative estimate of drug-likeness (QED) is 0.901. The summed E-state index contributed by atoms with van der Waals surface area (Å²) in [4.78, 5) is 2.53. The molecular formula is C15H21BrN2. The lowest BCUT2D eigenvalue weighted by molar-refractivity contribution is 0.285. The first-order valence-electron chi connectivity index (χ1n) is 6.84. The Kier molecular flexibility index (Phi) is 3.15. The second kappa shape index (κ2) is 4.53. The van der Waals surface area contributed by atoms with E-state index in [9.17, 15) is 0 Å². The van der Waals surface area contributed by atoms with Gasteiger partial charge in [0, 0.05) is 35.3 Å². The molecule has 98 valence electrons. The van der Waals surface area contributed by atoms with Crippen LogP contribution in [0.15, 0.2) is 22.7 Å². The number of benzene rings is 1. The molecule has 1 unspecified atom stereocenters. The zero-order chi connectivity index (χ0) is 12.8. The minimum atomic E-state index is 0.314. The van der Waals surface area contributed by atoms with E-state index in [1.54, 1.807) is 0 Å². The van der Waals surface area contributed by atoms with Crippen molar-refractivity contribution in [2.75, 3.05) is 24.5 Å². The summed E-state index contributed by atoms with van der Waals surface area (Å²) in [6, 6.07) is 6.71. The third-order valence-corrected chi connectivity index (χ3v) is 4.76. The minimum absolute atomic E-state index is 0.314. The molecule has 1 aliphatic heterocycles. The molecule has 3 heteroatoms. The number of hydrogen-bond donors (Lipinski definition) is 1. The highest BCUT2D eigenvalue weighted by atomic mass is 79.9. The predicted octanol–water partition coefficient (Wildman–Crippen LogP) is 3.34. The third kappa shape index (κ3) is 2.43. The van der Waals surface area contributed by atoms with Crippen LogP contribution < -0.4 is 10.2 Å². The summed E-state index contributed by atoms with van der Waals surface area (Å²) < 4.78 is 1.18. The molecule has 2 fully saturated rings. The lowest BCUT2D eigenvalue weighted by Crippen LogP contribution is -2.60. The Labute approximate surface area is 118 Å². The number of aryl methyl sites for hydroxylation is 1. The Morgan fingerprint density at radius 2 is 2.11 bits per heavy atom. The summed E-state index contributed by atoms with van der Waals surface area (Å²) in [6.07, 6.45) is 2.80. The first-order chi connectivity index (χ1) is 8.57. The molecular weight excluding hydrogens is 288 g/mol. The highest BCUT2D eigenvalue weighted by Gasteiger charge is 2.43. The van der Waals surface area contributed by atoms with Gasteiger partial charge in [-0.1, -0.05) is 15.9 Å². The van der Waals surface area contributed by atoms with Crippen LogP contribution in [0.2, 0.25) is 0 Å². The van der Waals surface area contributed by atoms with Crippen molar-refractivity contribution in [2.24, 2.45) is 5.92 Å². The Balaban J connectivity index is 1.83. The van der Waals surface area contributed by atoms with E-state index in [4.69, 9.17) is 0 Å². The van der Waals surface area contributed by atoms with Crippen LogP contribution in [0.3, 0.4) is 0 Å². The highest BCUT2D eigenvalue weighted by molar-refractivity contribution is 9.10. The molecule has 0 spiro atoms. The fourth-order valence-electron chi connectivity index (χ4n) is 3.12. The van der Waals surface area contributed by atoms with E-state index in [0.29, 0.717) is 5.54 Å². The van der Waals surface area contributed by atoms with Gasteiger partial charge < -0.3 is 10.2 Å². The molecule has 1 aliphatic carbocycles. The molecule has 3 rings (SSSR count). The Morgan fingerprint density at radius 1 is 1.33 bits per heavy atom. The largest absolute Gasteiger partial charge is 0.368 e. The van der Waals surface area contributed by atoms with Gasteiger partial charge >= 0.3 is 0 Å². The van der Waals surface area contributed by atoms with E-state index in [-0.39, 0.29) is 0 Å². The molecule has 18 heavy (non-hydrogen) atoms. The topological polar surface area (TPSA) is 15.3 Å². The standard InChI is InChI=1S/C15H21BrN2/c1-11-7-13(16)9-14(8-11)18-6-5-17-15(2,10-18)12-3-4-12/h7-9,12,17H,3-6,10H2,1-2H3. The van der Waals surface area contributed by atoms with Gasteiger partial charge in [0.15, 0.2) is 0 Å². The lowest BCUT2D eigenvalue weighted by Gasteiger charge is -2.43. The number of nitrogens with zero attached hydrogens (tertiary/aromatic N) is 1. The van der Waals surface area contributed by atoms with Crippen molar-refractivity contribution in [1.29, 1.82) is 0 Å². The zero-order valence-electron chi connectivity index (χ0n) is 11.2. The first kappa shape index (κ1) is 12.5. The average molecular weight is 309 g/mol. The predicted molar refractivity (Wildman–Crippen MR) is 80.2 cm³/mol. The number of halogens is 1. The smallest absolute Gasteiger partial charge is 0.0381 e. The summed E-state index contributed by atoms with van der Waals surface area (Å²) in [7, 11) is 0. The van der Waals surface area contributed by atoms with Gasteiger partial charge in [0.1, 0.15) is 0 Å². The maximum Gasteiger partial charge on any atom is 0.0381 e. The number of anilines is 1. The molecule has 1 aromatic rings. The molecule has 1 aromatic carbocycles. The summed E-state index contributed by atoms with van der Waals surface area (Å²) in [5.41, 5.74) is 3.00. The van der Waals surface area contributed by atoms with Gasteiger partial charge in [-0.15, -0.1) is 0 Å². The van der Waals surface area contributed by atoms with Crippen LogP contribution in [-0.2, 0) is 0 Å². The molecule has 1 atom stereocenters. The number of rotatable bonds is 2. The molecule has 0 bridgehead atoms. The Morgan fingerprint density at radius 3 is 2.78 bits per heavy atom. The molecule has 0 radical (unpaired) electrons. The molecule has 2 aliphatic rings. The van der Waals surface area contributed by atoms with Crippen molar-refractivity contribution in [2.45, 2.75) is 32.2 Å². The van der Waals surface area contributed by atoms with Crippen molar-refractivity contribution >= 4 is 21.6 Å². The monoisotopic (exact) mass is 308 g/mol. The van der Waals surface area contributed by atoms with Crippen LogP contribution in [0.5, 0.6) is 0 Å². The van der Waals surface area contributed by atoms with E-state index in [0.717, 1.165) is 25.6 Å². The molecule has 1 saturated heterocycles. The van der Waals surface area contributed by atoms with E-state index < -0.39 is 0 Å². The summed E-state index contributed by atoms with van der Waals surface area (Å²) in [6.45, 7) is 7.89. The fraction of sp³-hybridized carbons (Fsp3) is 0.600. The second-order valence-corrected chi connectivity index (χ2v) is 6.94. The van der Waals surface area contributed by atoms with E-state index in [2.05, 4.69) is 58.2 Å². The first-order valence-corrected chi connectivity index (χ1v) is 7.63. The molecule has 2 nitrogen and oxygen atoms in total. The normalized spacial score (nSPS) is 28.5. The number of piperazine rings is 1. The summed E-state index contributed by atoms with van der Waals surface area (Å²) >= 11 is 3.61. The van der Waals surface area contributed by atoms with Crippen LogP contribution in [-0.4, -0.2) is 25.2 Å². The molecule has 1 saturated carbocycles. The van der Waals surface area contributed by atoms with Crippen LogP contribution >= 0.6 is 15.9 Å². The maximum absolute atomic E-state index is 3.73. The molecule has 1 heterocycles. The van der Waals surface area contributed by atoms with Gasteiger partial charge in [-0.2, -0.15) is 0 Å². The van der Waals surface area contributed by atoms with Crippen molar-refractivity contribution in [3.63, 3.8) is 0 Å². The average Bonchev–Trinajstić information content (AvgIpc) is 3.11. The maximum atomic E-state index is 3.73. The van der Waals surface area contributed by atoms with Crippen molar-refractivity contribution < 1.29 is 0 Å². The second-order valence-electron chi connectivity index (χ2n) is 6.03. The van der Waals surface area contributed by atoms with E-state index in [1.807, 2.05) is 0 Å². The molecule has 1 N–H and O–H groups in total. The summed E-state index contributed by atoms with van der Waals surface area (Å²) in [5.74, 6) is 0.883. The minimum Gasteiger partial charge on any atom is -0.368 e. The van der Waals surface area contributed by atoms with Gasteiger partial charge in [-0.3, -0.25) is 0 Å². The van der Waals surface area contributed by atoms with Crippen molar-refractivity contribution in [3.05, 3.63) is 28.2 Å². The number of nitrogens with one attached hydrogen (secondary N) is 1. The van der Waals surface area contributed by atoms with E-state index in [1.165, 1.54) is 28.6 Å². The Bertz CT molecular complexity index is 436. The Hall–Kier alpha value is -0.540.